The number of carbonyl (C=O) groups excluding carboxylic acids is 1. The van der Waals surface area contributed by atoms with E-state index in [1.54, 1.807) is 0 Å². The van der Waals surface area contributed by atoms with Crippen LogP contribution in [0.5, 0.6) is 0 Å². The van der Waals surface area contributed by atoms with E-state index < -0.39 is 9.84 Å². The molecule has 0 aliphatic heterocycles. The highest BCUT2D eigenvalue weighted by Gasteiger charge is 2.40. The van der Waals surface area contributed by atoms with Gasteiger partial charge in [0, 0.05) is 12.0 Å². The molecule has 1 aromatic carbocycles. The molecule has 2 atom stereocenters. The van der Waals surface area contributed by atoms with Crippen LogP contribution in [0, 0.1) is 0 Å². The van der Waals surface area contributed by atoms with Gasteiger partial charge in [-0.25, -0.2) is 8.42 Å². The van der Waals surface area contributed by atoms with Crippen LogP contribution in [0.25, 0.3) is 0 Å². The molecule has 2 aliphatic carbocycles. The van der Waals surface area contributed by atoms with Crippen LogP contribution in [0.4, 0.5) is 0 Å². The third-order valence-electron chi connectivity index (χ3n) is 4.51. The Morgan fingerprint density at radius 3 is 2.48 bits per heavy atom. The molecule has 0 spiro atoms. The summed E-state index contributed by atoms with van der Waals surface area (Å²) in [6, 6.07) is 10.1. The summed E-state index contributed by atoms with van der Waals surface area (Å²) in [5.41, 5.74) is 1.21. The Balaban J connectivity index is 1.52. The van der Waals surface area contributed by atoms with E-state index in [-0.39, 0.29) is 23.0 Å². The van der Waals surface area contributed by atoms with E-state index in [1.165, 1.54) is 5.56 Å². The number of sulfone groups is 1. The minimum absolute atomic E-state index is 0.0960. The van der Waals surface area contributed by atoms with Gasteiger partial charge in [-0.05, 0) is 24.8 Å². The molecule has 1 amide bonds. The van der Waals surface area contributed by atoms with Crippen molar-refractivity contribution in [2.24, 2.45) is 0 Å². The van der Waals surface area contributed by atoms with Crippen molar-refractivity contribution in [3.8, 4) is 0 Å². The molecule has 0 saturated heterocycles. The smallest absolute Gasteiger partial charge is 0.235 e. The quantitative estimate of drug-likeness (QED) is 0.905. The Bertz CT molecular complexity index is 606. The Morgan fingerprint density at radius 1 is 1.14 bits per heavy atom. The molecule has 3 rings (SSSR count). The van der Waals surface area contributed by atoms with Gasteiger partial charge in [0.2, 0.25) is 5.91 Å². The van der Waals surface area contributed by atoms with E-state index in [1.807, 2.05) is 30.3 Å². The second kappa shape index (κ2) is 5.79. The Labute approximate surface area is 125 Å². The predicted octanol–water partition coefficient (Wildman–Crippen LogP) is 2.02. The van der Waals surface area contributed by atoms with Crippen molar-refractivity contribution in [1.82, 2.24) is 5.32 Å². The number of hydrogen-bond donors (Lipinski definition) is 1. The van der Waals surface area contributed by atoms with Gasteiger partial charge in [0.1, 0.15) is 5.75 Å². The molecule has 21 heavy (non-hydrogen) atoms. The van der Waals surface area contributed by atoms with Crippen molar-refractivity contribution in [2.75, 3.05) is 5.75 Å². The van der Waals surface area contributed by atoms with E-state index >= 15 is 0 Å². The fourth-order valence-electron chi connectivity index (χ4n) is 3.22. The lowest BCUT2D eigenvalue weighted by Crippen LogP contribution is -2.35. The van der Waals surface area contributed by atoms with Gasteiger partial charge in [0.05, 0.1) is 5.25 Å². The van der Waals surface area contributed by atoms with Gasteiger partial charge in [-0.15, -0.1) is 0 Å². The number of nitrogens with one attached hydrogen (secondary N) is 1. The number of amides is 1. The predicted molar refractivity (Wildman–Crippen MR) is 81.8 cm³/mol. The van der Waals surface area contributed by atoms with Crippen LogP contribution in [-0.4, -0.2) is 31.4 Å². The molecule has 0 bridgehead atoms. The lowest BCUT2D eigenvalue weighted by molar-refractivity contribution is -0.118. The van der Waals surface area contributed by atoms with Crippen LogP contribution in [-0.2, 0) is 14.6 Å². The topological polar surface area (TPSA) is 63.2 Å². The van der Waals surface area contributed by atoms with Crippen LogP contribution < -0.4 is 5.32 Å². The number of benzene rings is 1. The van der Waals surface area contributed by atoms with Crippen LogP contribution in [0.2, 0.25) is 0 Å². The van der Waals surface area contributed by atoms with Gasteiger partial charge in [-0.3, -0.25) is 4.79 Å². The van der Waals surface area contributed by atoms with Crippen molar-refractivity contribution in [3.63, 3.8) is 0 Å². The van der Waals surface area contributed by atoms with E-state index in [0.29, 0.717) is 18.8 Å². The maximum Gasteiger partial charge on any atom is 0.235 e. The molecule has 114 valence electrons. The minimum atomic E-state index is -3.27. The molecule has 1 N–H and O–H groups in total. The van der Waals surface area contributed by atoms with Crippen LogP contribution in [0.1, 0.15) is 43.6 Å². The Morgan fingerprint density at radius 2 is 1.81 bits per heavy atom. The third kappa shape index (κ3) is 3.46. The molecule has 2 fully saturated rings. The molecular formula is C16H21NO3S. The Hall–Kier alpha value is -1.36. The van der Waals surface area contributed by atoms with E-state index in [2.05, 4.69) is 5.32 Å². The average Bonchev–Trinajstić information content (AvgIpc) is 2.99. The zero-order valence-electron chi connectivity index (χ0n) is 12.0. The highest BCUT2D eigenvalue weighted by Crippen LogP contribution is 2.40. The number of rotatable bonds is 5. The molecule has 0 aromatic heterocycles. The third-order valence-corrected chi connectivity index (χ3v) is 6.66. The SMILES string of the molecule is O=C(CS(=O)(=O)C1CCCC1)N[C@H]1C[C@H]1c1ccccc1. The Kier molecular flexibility index (Phi) is 4.02. The maximum absolute atomic E-state index is 12.1. The summed E-state index contributed by atoms with van der Waals surface area (Å²) in [6.45, 7) is 0. The summed E-state index contributed by atoms with van der Waals surface area (Å²) < 4.78 is 24.3. The number of carbonyl (C=O) groups is 1. The van der Waals surface area contributed by atoms with Gasteiger partial charge >= 0.3 is 0 Å². The molecular weight excluding hydrogens is 286 g/mol. The van der Waals surface area contributed by atoms with Gasteiger partial charge in [-0.1, -0.05) is 43.2 Å². The van der Waals surface area contributed by atoms with E-state index in [9.17, 15) is 13.2 Å². The molecule has 4 nitrogen and oxygen atoms in total. The molecule has 0 radical (unpaired) electrons. The molecule has 2 aliphatic rings. The highest BCUT2D eigenvalue weighted by atomic mass is 32.2. The van der Waals surface area contributed by atoms with Gasteiger partial charge in [0.15, 0.2) is 9.84 Å². The number of hydrogen-bond acceptors (Lipinski definition) is 3. The summed E-state index contributed by atoms with van der Waals surface area (Å²) in [4.78, 5) is 12.0. The second-order valence-corrected chi connectivity index (χ2v) is 8.42. The zero-order chi connectivity index (χ0) is 14.9. The van der Waals surface area contributed by atoms with Gasteiger partial charge < -0.3 is 5.32 Å². The van der Waals surface area contributed by atoms with Crippen molar-refractivity contribution >= 4 is 15.7 Å². The first-order chi connectivity index (χ1) is 10.1. The van der Waals surface area contributed by atoms with Crippen LogP contribution >= 0.6 is 0 Å². The highest BCUT2D eigenvalue weighted by molar-refractivity contribution is 7.92. The summed E-state index contributed by atoms with van der Waals surface area (Å²) in [7, 11) is -3.27. The molecule has 1 aromatic rings. The van der Waals surface area contributed by atoms with Crippen molar-refractivity contribution in [2.45, 2.75) is 49.3 Å². The van der Waals surface area contributed by atoms with Crippen LogP contribution in [0.15, 0.2) is 30.3 Å². The summed E-state index contributed by atoms with van der Waals surface area (Å²) in [6.07, 6.45) is 4.25. The lowest BCUT2D eigenvalue weighted by atomic mass is 10.1. The van der Waals surface area contributed by atoms with E-state index in [0.717, 1.165) is 19.3 Å². The normalized spacial score (nSPS) is 25.7. The molecule has 5 heteroatoms. The summed E-state index contributed by atoms with van der Waals surface area (Å²) >= 11 is 0. The van der Waals surface area contributed by atoms with Crippen molar-refractivity contribution < 1.29 is 13.2 Å². The fraction of sp³-hybridized carbons (Fsp3) is 0.562. The summed E-state index contributed by atoms with van der Waals surface area (Å²) in [5.74, 6) is -0.356. The maximum atomic E-state index is 12.1. The minimum Gasteiger partial charge on any atom is -0.352 e. The second-order valence-electron chi connectivity index (χ2n) is 6.14. The van der Waals surface area contributed by atoms with Gasteiger partial charge in [-0.2, -0.15) is 0 Å². The molecule has 0 heterocycles. The zero-order valence-corrected chi connectivity index (χ0v) is 12.8. The van der Waals surface area contributed by atoms with Crippen molar-refractivity contribution in [1.29, 1.82) is 0 Å². The summed E-state index contributed by atoms with van der Waals surface area (Å²) in [5, 5.41) is 2.57. The van der Waals surface area contributed by atoms with Crippen molar-refractivity contribution in [3.05, 3.63) is 35.9 Å². The standard InChI is InChI=1S/C16H21NO3S/c18-16(11-21(19,20)13-8-4-5-9-13)17-15-10-14(15)12-6-2-1-3-7-12/h1-3,6-7,13-15H,4-5,8-11H2,(H,17,18)/t14-,15-/m0/s1. The molecule has 0 unspecified atom stereocenters. The van der Waals surface area contributed by atoms with Crippen LogP contribution in [0.3, 0.4) is 0 Å². The first-order valence-corrected chi connectivity index (χ1v) is 9.34. The monoisotopic (exact) mass is 307 g/mol. The average molecular weight is 307 g/mol. The molecule has 2 saturated carbocycles. The van der Waals surface area contributed by atoms with E-state index in [4.69, 9.17) is 0 Å². The lowest BCUT2D eigenvalue weighted by Gasteiger charge is -2.11. The largest absolute Gasteiger partial charge is 0.352 e. The van der Waals surface area contributed by atoms with Gasteiger partial charge in [0.25, 0.3) is 0 Å². The first kappa shape index (κ1) is 14.6. The first-order valence-electron chi connectivity index (χ1n) is 7.62. The fourth-order valence-corrected chi connectivity index (χ4v) is 4.96.